The summed E-state index contributed by atoms with van der Waals surface area (Å²) in [5.41, 5.74) is 0. The molecule has 0 spiro atoms. The summed E-state index contributed by atoms with van der Waals surface area (Å²) in [6.45, 7) is 27.7. The summed E-state index contributed by atoms with van der Waals surface area (Å²) in [4.78, 5) is 23.0. The Hall–Kier alpha value is -3.23. The number of aliphatic hydroxyl groups excluding tert-OH is 4. The van der Waals surface area contributed by atoms with Crippen molar-refractivity contribution in [1.82, 2.24) is 0 Å². The van der Waals surface area contributed by atoms with Gasteiger partial charge in [0.25, 0.3) is 16.6 Å². The SMILES string of the molecule is CC(=O)OC[C@H]1O[C@@H](Oc2ccccc2O[Si](C)(C)C(C)(C)C)[C@H](C)[C@@H](C)[C@H]1OC(C)=O.CC(C)(C)[Si](C)(C)Oc1ccccc1O[C@@H]1O[C@H](CO)[C@H](O)[C@H](O)[C@H]1O. The highest BCUT2D eigenvalue weighted by Crippen LogP contribution is 2.43. The van der Waals surface area contributed by atoms with Crippen molar-refractivity contribution in [1.29, 1.82) is 0 Å². The van der Waals surface area contributed by atoms with Crippen molar-refractivity contribution in [3.63, 3.8) is 0 Å². The first-order chi connectivity index (χ1) is 26.7. The minimum atomic E-state index is -2.12. The molecule has 0 bridgehead atoms. The van der Waals surface area contributed by atoms with E-state index in [1.807, 2.05) is 44.2 Å². The van der Waals surface area contributed by atoms with Gasteiger partial charge in [0.05, 0.1) is 6.61 Å². The molecule has 0 amide bonds. The normalized spacial score (nSPS) is 28.0. The molecule has 58 heavy (non-hydrogen) atoms. The molecule has 2 aromatic rings. The third kappa shape index (κ3) is 12.6. The Morgan fingerprint density at radius 3 is 1.48 bits per heavy atom. The molecule has 2 saturated heterocycles. The third-order valence-corrected chi connectivity index (χ3v) is 20.3. The maximum absolute atomic E-state index is 11.6. The number of carbonyl (C=O) groups excluding carboxylic acids is 2. The van der Waals surface area contributed by atoms with E-state index in [1.54, 1.807) is 18.2 Å². The smallest absolute Gasteiger partial charge is 0.303 e. The van der Waals surface area contributed by atoms with Gasteiger partial charge in [0, 0.05) is 25.7 Å². The lowest BCUT2D eigenvalue weighted by atomic mass is 9.84. The van der Waals surface area contributed by atoms with Crippen LogP contribution in [0.25, 0.3) is 0 Å². The topological polar surface area (TPSA) is 189 Å². The summed E-state index contributed by atoms with van der Waals surface area (Å²) >= 11 is 0. The van der Waals surface area contributed by atoms with E-state index >= 15 is 0 Å². The fraction of sp³-hybridized carbons (Fsp3) is 0.667. The molecule has 2 aliphatic rings. The zero-order valence-corrected chi connectivity index (χ0v) is 38.7. The average molecular weight is 853 g/mol. The number of hydrogen-bond donors (Lipinski definition) is 4. The van der Waals surface area contributed by atoms with Crippen molar-refractivity contribution in [3.8, 4) is 23.0 Å². The molecule has 0 radical (unpaired) electrons. The molecule has 0 aliphatic carbocycles. The van der Waals surface area contributed by atoms with E-state index in [0.29, 0.717) is 23.0 Å². The number of ether oxygens (including phenoxy) is 6. The summed E-state index contributed by atoms with van der Waals surface area (Å²) < 4.78 is 47.1. The van der Waals surface area contributed by atoms with Gasteiger partial charge in [-0.1, -0.05) is 79.7 Å². The van der Waals surface area contributed by atoms with Gasteiger partial charge in [-0.05, 0) is 60.5 Å². The first-order valence-electron chi connectivity index (χ1n) is 19.9. The molecular weight excluding hydrogens is 785 g/mol. The van der Waals surface area contributed by atoms with Crippen LogP contribution in [0.15, 0.2) is 48.5 Å². The summed E-state index contributed by atoms with van der Waals surface area (Å²) in [6.07, 6.45) is -8.43. The minimum absolute atomic E-state index is 0.0107. The molecule has 2 aromatic carbocycles. The molecule has 16 heteroatoms. The molecular formula is C42H68O14Si2. The highest BCUT2D eigenvalue weighted by molar-refractivity contribution is 6.75. The Balaban J connectivity index is 0.000000317. The van der Waals surface area contributed by atoms with Gasteiger partial charge in [-0.25, -0.2) is 0 Å². The Kier molecular flexibility index (Phi) is 16.9. The van der Waals surface area contributed by atoms with Gasteiger partial charge >= 0.3 is 11.9 Å². The number of para-hydroxylation sites is 4. The average Bonchev–Trinajstić information content (AvgIpc) is 3.11. The molecule has 14 nitrogen and oxygen atoms in total. The van der Waals surface area contributed by atoms with Crippen LogP contribution < -0.4 is 18.3 Å². The Bertz CT molecular complexity index is 1640. The molecule has 4 rings (SSSR count). The first-order valence-corrected chi connectivity index (χ1v) is 25.7. The number of carbonyl (C=O) groups is 2. The van der Waals surface area contributed by atoms with Gasteiger partial charge in [-0.2, -0.15) is 0 Å². The molecule has 2 fully saturated rings. The van der Waals surface area contributed by atoms with E-state index in [2.05, 4.69) is 67.7 Å². The lowest BCUT2D eigenvalue weighted by Crippen LogP contribution is -2.60. The van der Waals surface area contributed by atoms with E-state index in [9.17, 15) is 30.0 Å². The van der Waals surface area contributed by atoms with Crippen molar-refractivity contribution >= 4 is 28.6 Å². The molecule has 4 N–H and O–H groups in total. The van der Waals surface area contributed by atoms with Crippen molar-refractivity contribution in [2.75, 3.05) is 13.2 Å². The second kappa shape index (κ2) is 19.9. The fourth-order valence-electron chi connectivity index (χ4n) is 5.64. The maximum Gasteiger partial charge on any atom is 0.303 e. The molecule has 2 aliphatic heterocycles. The minimum Gasteiger partial charge on any atom is -0.541 e. The van der Waals surface area contributed by atoms with E-state index in [4.69, 9.17) is 37.3 Å². The van der Waals surface area contributed by atoms with Crippen LogP contribution in [0.5, 0.6) is 23.0 Å². The highest BCUT2D eigenvalue weighted by Gasteiger charge is 2.47. The van der Waals surface area contributed by atoms with Gasteiger partial charge in [-0.3, -0.25) is 9.59 Å². The van der Waals surface area contributed by atoms with E-state index in [0.717, 1.165) is 0 Å². The molecule has 2 heterocycles. The van der Waals surface area contributed by atoms with Crippen LogP contribution in [0.2, 0.25) is 36.3 Å². The molecule has 10 atom stereocenters. The Morgan fingerprint density at radius 1 is 0.638 bits per heavy atom. The molecule has 328 valence electrons. The Morgan fingerprint density at radius 2 is 1.07 bits per heavy atom. The van der Waals surface area contributed by atoms with E-state index < -0.39 is 84.4 Å². The van der Waals surface area contributed by atoms with Crippen molar-refractivity contribution in [2.45, 2.75) is 155 Å². The number of esters is 2. The first kappa shape index (κ1) is 49.1. The second-order valence-electron chi connectivity index (χ2n) is 18.2. The van der Waals surface area contributed by atoms with Crippen LogP contribution >= 0.6 is 0 Å². The quantitative estimate of drug-likeness (QED) is 0.140. The van der Waals surface area contributed by atoms with Gasteiger partial charge < -0.3 is 57.7 Å². The fourth-order valence-corrected chi connectivity index (χ4v) is 7.69. The second-order valence-corrected chi connectivity index (χ2v) is 27.6. The van der Waals surface area contributed by atoms with Crippen molar-refractivity contribution in [2.24, 2.45) is 11.8 Å². The van der Waals surface area contributed by atoms with Gasteiger partial charge in [-0.15, -0.1) is 0 Å². The standard InChI is InChI=1S/C24H38O7Si.C18H30O7Si/c1-15-16(2)23(30-21(14-27-17(3)25)22(15)28-18(4)26)29-19-12-10-11-13-20(19)31-32(8,9)24(5,6)7;1-18(2,3)26(4,5)25-12-9-7-6-8-11(12)23-17-16(22)15(21)14(20)13(10-19)24-17/h10-13,15-16,21-23H,14H2,1-9H3;6-9,13-17,19-22H,10H2,1-5H3/t15-,16-,21-,22-,23-;13-,14+,15+,16-,17-/m11/s1. The number of rotatable bonds is 12. The van der Waals surface area contributed by atoms with Crippen LogP contribution in [0, 0.1) is 11.8 Å². The van der Waals surface area contributed by atoms with Crippen LogP contribution in [0.1, 0.15) is 69.2 Å². The predicted molar refractivity (Wildman–Crippen MR) is 223 cm³/mol. The third-order valence-electron chi connectivity index (χ3n) is 11.6. The van der Waals surface area contributed by atoms with E-state index in [-0.39, 0.29) is 28.5 Å². The van der Waals surface area contributed by atoms with Gasteiger partial charge in [0.15, 0.2) is 11.5 Å². The van der Waals surface area contributed by atoms with Crippen LogP contribution in [-0.4, -0.2) is 111 Å². The van der Waals surface area contributed by atoms with Gasteiger partial charge in [0.1, 0.15) is 54.7 Å². The predicted octanol–water partition coefficient (Wildman–Crippen LogP) is 6.19. The van der Waals surface area contributed by atoms with Gasteiger partial charge in [0.2, 0.25) is 12.6 Å². The summed E-state index contributed by atoms with van der Waals surface area (Å²) in [5.74, 6) is 1.17. The monoisotopic (exact) mass is 852 g/mol. The van der Waals surface area contributed by atoms with Crippen LogP contribution in [0.3, 0.4) is 0 Å². The van der Waals surface area contributed by atoms with Crippen LogP contribution in [-0.2, 0) is 28.5 Å². The maximum atomic E-state index is 11.6. The number of hydrogen-bond acceptors (Lipinski definition) is 14. The molecule has 0 unspecified atom stereocenters. The van der Waals surface area contributed by atoms with E-state index in [1.165, 1.54) is 13.8 Å². The summed E-state index contributed by atoms with van der Waals surface area (Å²) in [6, 6.07) is 14.6. The summed E-state index contributed by atoms with van der Waals surface area (Å²) in [7, 11) is -4.19. The Labute approximate surface area is 346 Å². The number of benzene rings is 2. The molecule has 0 aromatic heterocycles. The zero-order chi connectivity index (χ0) is 44.0. The summed E-state index contributed by atoms with van der Waals surface area (Å²) in [5, 5.41) is 39.3. The zero-order valence-electron chi connectivity index (χ0n) is 36.7. The lowest BCUT2D eigenvalue weighted by Gasteiger charge is -2.43. The van der Waals surface area contributed by atoms with Crippen molar-refractivity contribution in [3.05, 3.63) is 48.5 Å². The highest BCUT2D eigenvalue weighted by atomic mass is 28.4. The lowest BCUT2D eigenvalue weighted by molar-refractivity contribution is -0.277. The van der Waals surface area contributed by atoms with Crippen molar-refractivity contribution < 1.29 is 67.3 Å². The molecule has 0 saturated carbocycles. The number of aliphatic hydroxyl groups is 4. The largest absolute Gasteiger partial charge is 0.541 e. The van der Waals surface area contributed by atoms with Crippen LogP contribution in [0.4, 0.5) is 0 Å².